The van der Waals surface area contributed by atoms with Gasteiger partial charge in [-0.15, -0.1) is 0 Å². The first-order chi connectivity index (χ1) is 9.64. The summed E-state index contributed by atoms with van der Waals surface area (Å²) in [5, 5.41) is 2.52. The van der Waals surface area contributed by atoms with Gasteiger partial charge in [-0.1, -0.05) is 6.07 Å². The Kier molecular flexibility index (Phi) is 5.49. The number of carbonyl (C=O) groups is 1. The molecule has 7 heteroatoms. The van der Waals surface area contributed by atoms with Crippen LogP contribution in [0.2, 0.25) is 0 Å². The smallest absolute Gasteiger partial charge is 0.240 e. The van der Waals surface area contributed by atoms with Crippen molar-refractivity contribution in [1.82, 2.24) is 10.0 Å². The number of rotatable bonds is 6. The van der Waals surface area contributed by atoms with E-state index in [1.165, 1.54) is 13.1 Å². The molecule has 118 valence electrons. The number of nitrogens with one attached hydrogen (secondary N) is 2. The standard InChI is InChI=1S/C14H23N3O3S/c1-10-7-12(6-5-11(10)8-15)21(19,20)17-9-14(2,3)13(18)16-4/h5-7,17H,8-9,15H2,1-4H3,(H,16,18). The van der Waals surface area contributed by atoms with Crippen molar-refractivity contribution in [3.63, 3.8) is 0 Å². The highest BCUT2D eigenvalue weighted by atomic mass is 32.2. The van der Waals surface area contributed by atoms with Crippen LogP contribution >= 0.6 is 0 Å². The van der Waals surface area contributed by atoms with Crippen LogP contribution in [-0.4, -0.2) is 27.9 Å². The van der Waals surface area contributed by atoms with E-state index < -0.39 is 15.4 Å². The van der Waals surface area contributed by atoms with Crippen molar-refractivity contribution < 1.29 is 13.2 Å². The second kappa shape index (κ2) is 6.55. The zero-order valence-electron chi connectivity index (χ0n) is 12.9. The topological polar surface area (TPSA) is 101 Å². The molecular formula is C14H23N3O3S. The zero-order chi connectivity index (χ0) is 16.3. The number of benzene rings is 1. The fraction of sp³-hybridized carbons (Fsp3) is 0.500. The number of carbonyl (C=O) groups excluding carboxylic acids is 1. The summed E-state index contributed by atoms with van der Waals surface area (Å²) in [6.45, 7) is 5.56. The molecule has 21 heavy (non-hydrogen) atoms. The minimum atomic E-state index is -3.65. The molecule has 0 radical (unpaired) electrons. The zero-order valence-corrected chi connectivity index (χ0v) is 13.7. The van der Waals surface area contributed by atoms with Crippen molar-refractivity contribution in [2.45, 2.75) is 32.2 Å². The van der Waals surface area contributed by atoms with Crippen LogP contribution in [0.15, 0.2) is 23.1 Å². The SMILES string of the molecule is CNC(=O)C(C)(C)CNS(=O)(=O)c1ccc(CN)c(C)c1. The van der Waals surface area contributed by atoms with E-state index in [0.29, 0.717) is 6.54 Å². The Hall–Kier alpha value is -1.44. The molecule has 0 atom stereocenters. The van der Waals surface area contributed by atoms with Gasteiger partial charge in [-0.25, -0.2) is 13.1 Å². The van der Waals surface area contributed by atoms with Gasteiger partial charge in [-0.05, 0) is 44.0 Å². The van der Waals surface area contributed by atoms with Gasteiger partial charge in [0.25, 0.3) is 0 Å². The van der Waals surface area contributed by atoms with Crippen molar-refractivity contribution >= 4 is 15.9 Å². The van der Waals surface area contributed by atoms with Gasteiger partial charge in [-0.2, -0.15) is 0 Å². The second-order valence-corrected chi connectivity index (χ2v) is 7.35. The Morgan fingerprint density at radius 2 is 1.95 bits per heavy atom. The maximum Gasteiger partial charge on any atom is 0.240 e. The highest BCUT2D eigenvalue weighted by molar-refractivity contribution is 7.89. The van der Waals surface area contributed by atoms with Crippen LogP contribution in [0.4, 0.5) is 0 Å². The third kappa shape index (κ3) is 4.26. The van der Waals surface area contributed by atoms with E-state index in [1.54, 1.807) is 26.0 Å². The fourth-order valence-corrected chi connectivity index (χ4v) is 3.14. The van der Waals surface area contributed by atoms with E-state index in [9.17, 15) is 13.2 Å². The third-order valence-corrected chi connectivity index (χ3v) is 4.79. The van der Waals surface area contributed by atoms with Crippen molar-refractivity contribution in [3.8, 4) is 0 Å². The summed E-state index contributed by atoms with van der Waals surface area (Å²) in [4.78, 5) is 11.8. The minimum Gasteiger partial charge on any atom is -0.359 e. The Morgan fingerprint density at radius 3 is 2.43 bits per heavy atom. The third-order valence-electron chi connectivity index (χ3n) is 3.39. The lowest BCUT2D eigenvalue weighted by Crippen LogP contribution is -2.43. The van der Waals surface area contributed by atoms with Crippen LogP contribution in [0, 0.1) is 12.3 Å². The van der Waals surface area contributed by atoms with Gasteiger partial charge in [0, 0.05) is 20.1 Å². The normalized spacial score (nSPS) is 12.2. The van der Waals surface area contributed by atoms with Gasteiger partial charge in [0.1, 0.15) is 0 Å². The lowest BCUT2D eigenvalue weighted by Gasteiger charge is -2.22. The molecular weight excluding hydrogens is 290 g/mol. The predicted molar refractivity (Wildman–Crippen MR) is 82.1 cm³/mol. The van der Waals surface area contributed by atoms with Gasteiger partial charge in [0.2, 0.25) is 15.9 Å². The van der Waals surface area contributed by atoms with E-state index in [-0.39, 0.29) is 17.3 Å². The molecule has 1 amide bonds. The maximum atomic E-state index is 12.3. The number of nitrogens with two attached hydrogens (primary N) is 1. The summed E-state index contributed by atoms with van der Waals surface area (Å²) in [6.07, 6.45) is 0. The predicted octanol–water partition coefficient (Wildman–Crippen LogP) is 0.504. The lowest BCUT2D eigenvalue weighted by atomic mass is 9.93. The van der Waals surface area contributed by atoms with Crippen LogP contribution in [0.3, 0.4) is 0 Å². The summed E-state index contributed by atoms with van der Waals surface area (Å²) < 4.78 is 27.0. The Bertz CT molecular complexity index is 624. The number of hydrogen-bond acceptors (Lipinski definition) is 4. The van der Waals surface area contributed by atoms with Crippen LogP contribution < -0.4 is 15.8 Å². The molecule has 0 spiro atoms. The molecule has 0 aliphatic carbocycles. The van der Waals surface area contributed by atoms with Crippen LogP contribution in [0.25, 0.3) is 0 Å². The molecule has 0 saturated heterocycles. The number of sulfonamides is 1. The van der Waals surface area contributed by atoms with Crippen LogP contribution in [0.1, 0.15) is 25.0 Å². The van der Waals surface area contributed by atoms with Gasteiger partial charge in [0.15, 0.2) is 0 Å². The largest absolute Gasteiger partial charge is 0.359 e. The maximum absolute atomic E-state index is 12.3. The first-order valence-corrected chi connectivity index (χ1v) is 8.14. The highest BCUT2D eigenvalue weighted by Crippen LogP contribution is 2.18. The molecule has 0 unspecified atom stereocenters. The summed E-state index contributed by atoms with van der Waals surface area (Å²) in [5.41, 5.74) is 6.47. The molecule has 0 bridgehead atoms. The number of hydrogen-bond donors (Lipinski definition) is 3. The van der Waals surface area contributed by atoms with E-state index in [1.807, 2.05) is 6.92 Å². The first-order valence-electron chi connectivity index (χ1n) is 6.65. The summed E-state index contributed by atoms with van der Waals surface area (Å²) >= 11 is 0. The van der Waals surface area contributed by atoms with Crippen molar-refractivity contribution in [3.05, 3.63) is 29.3 Å². The molecule has 0 saturated carbocycles. The van der Waals surface area contributed by atoms with Crippen molar-refractivity contribution in [1.29, 1.82) is 0 Å². The van der Waals surface area contributed by atoms with Gasteiger partial charge >= 0.3 is 0 Å². The molecule has 0 aromatic heterocycles. The second-order valence-electron chi connectivity index (χ2n) is 5.58. The molecule has 0 aliphatic rings. The summed E-state index contributed by atoms with van der Waals surface area (Å²) in [5.74, 6) is -0.222. The Labute approximate surface area is 126 Å². The monoisotopic (exact) mass is 313 g/mol. The molecule has 4 N–H and O–H groups in total. The number of amides is 1. The van der Waals surface area contributed by atoms with Gasteiger partial charge in [-0.3, -0.25) is 4.79 Å². The molecule has 1 aromatic carbocycles. The average molecular weight is 313 g/mol. The first kappa shape index (κ1) is 17.6. The molecule has 0 aliphatic heterocycles. The quantitative estimate of drug-likeness (QED) is 0.712. The van der Waals surface area contributed by atoms with E-state index in [2.05, 4.69) is 10.0 Å². The number of aryl methyl sites for hydroxylation is 1. The van der Waals surface area contributed by atoms with Crippen molar-refractivity contribution in [2.24, 2.45) is 11.1 Å². The van der Waals surface area contributed by atoms with Crippen LogP contribution in [-0.2, 0) is 21.4 Å². The molecule has 0 heterocycles. The van der Waals surface area contributed by atoms with Gasteiger partial charge in [0.05, 0.1) is 10.3 Å². The molecule has 1 rings (SSSR count). The van der Waals surface area contributed by atoms with Gasteiger partial charge < -0.3 is 11.1 Å². The summed E-state index contributed by atoms with van der Waals surface area (Å²) in [6, 6.07) is 4.80. The van der Waals surface area contributed by atoms with E-state index >= 15 is 0 Å². The minimum absolute atomic E-state index is 0.0205. The molecule has 6 nitrogen and oxygen atoms in total. The summed E-state index contributed by atoms with van der Waals surface area (Å²) in [7, 11) is -2.13. The molecule has 0 fully saturated rings. The Balaban J connectivity index is 2.92. The molecule has 1 aromatic rings. The van der Waals surface area contributed by atoms with Crippen LogP contribution in [0.5, 0.6) is 0 Å². The Morgan fingerprint density at radius 1 is 1.33 bits per heavy atom. The average Bonchev–Trinajstić information content (AvgIpc) is 2.44. The van der Waals surface area contributed by atoms with E-state index in [0.717, 1.165) is 11.1 Å². The fourth-order valence-electron chi connectivity index (χ4n) is 1.84. The van der Waals surface area contributed by atoms with Crippen molar-refractivity contribution in [2.75, 3.05) is 13.6 Å². The highest BCUT2D eigenvalue weighted by Gasteiger charge is 2.28. The van der Waals surface area contributed by atoms with E-state index in [4.69, 9.17) is 5.73 Å². The lowest BCUT2D eigenvalue weighted by molar-refractivity contribution is -0.128.